The third-order valence-corrected chi connectivity index (χ3v) is 5.14. The molecule has 0 N–H and O–H groups in total. The van der Waals surface area contributed by atoms with Gasteiger partial charge in [-0.3, -0.25) is 4.79 Å². The number of hydrogen-bond acceptors (Lipinski definition) is 4. The first-order valence-corrected chi connectivity index (χ1v) is 10.5. The molecule has 3 rings (SSSR count). The summed E-state index contributed by atoms with van der Waals surface area (Å²) in [5.74, 6) is 0.734. The Morgan fingerprint density at radius 2 is 1.94 bits per heavy atom. The number of halogens is 3. The topological polar surface area (TPSA) is 51.1 Å². The van der Waals surface area contributed by atoms with Gasteiger partial charge in [-0.2, -0.15) is 13.2 Å². The smallest absolute Gasteiger partial charge is 0.416 e. The van der Waals surface area contributed by atoms with Crippen LogP contribution >= 0.6 is 0 Å². The van der Waals surface area contributed by atoms with Crippen LogP contribution in [-0.2, 0) is 22.4 Å². The number of alkyl halides is 3. The summed E-state index contributed by atoms with van der Waals surface area (Å²) in [7, 11) is 1.59. The van der Waals surface area contributed by atoms with Gasteiger partial charge in [0.25, 0.3) is 0 Å². The van der Waals surface area contributed by atoms with E-state index in [1.54, 1.807) is 18.1 Å². The van der Waals surface area contributed by atoms with Gasteiger partial charge in [0.15, 0.2) is 6.10 Å². The van der Waals surface area contributed by atoms with Crippen molar-refractivity contribution in [1.82, 2.24) is 4.90 Å². The average Bonchev–Trinajstić information content (AvgIpc) is 3.21. The molecule has 1 aliphatic rings. The SMILES string of the molecule is COc1ccc(C2=NOC(CN(Cc3cccc(C(F)(F)F)c3)C(=O)CC(C)C)C2)cc1. The van der Waals surface area contributed by atoms with Gasteiger partial charge >= 0.3 is 6.18 Å². The fourth-order valence-electron chi connectivity index (χ4n) is 3.53. The van der Waals surface area contributed by atoms with E-state index in [2.05, 4.69) is 5.16 Å². The molecule has 1 aliphatic heterocycles. The third-order valence-electron chi connectivity index (χ3n) is 5.14. The molecule has 0 saturated carbocycles. The number of rotatable bonds is 8. The number of methoxy groups -OCH3 is 1. The number of amides is 1. The summed E-state index contributed by atoms with van der Waals surface area (Å²) in [6, 6.07) is 12.5. The quantitative estimate of drug-likeness (QED) is 0.552. The van der Waals surface area contributed by atoms with Crippen LogP contribution in [0.3, 0.4) is 0 Å². The molecule has 1 heterocycles. The normalized spacial score (nSPS) is 16.0. The van der Waals surface area contributed by atoms with E-state index in [4.69, 9.17) is 9.57 Å². The number of carbonyl (C=O) groups is 1. The van der Waals surface area contributed by atoms with Gasteiger partial charge < -0.3 is 14.5 Å². The van der Waals surface area contributed by atoms with E-state index in [9.17, 15) is 18.0 Å². The highest BCUT2D eigenvalue weighted by molar-refractivity contribution is 6.01. The van der Waals surface area contributed by atoms with E-state index in [0.29, 0.717) is 18.4 Å². The van der Waals surface area contributed by atoms with Gasteiger partial charge in [-0.15, -0.1) is 0 Å². The van der Waals surface area contributed by atoms with Crippen LogP contribution in [0.4, 0.5) is 13.2 Å². The first-order valence-electron chi connectivity index (χ1n) is 10.5. The molecule has 0 radical (unpaired) electrons. The van der Waals surface area contributed by atoms with Gasteiger partial charge in [-0.1, -0.05) is 31.1 Å². The Labute approximate surface area is 185 Å². The highest BCUT2D eigenvalue weighted by Gasteiger charge is 2.31. The zero-order valence-corrected chi connectivity index (χ0v) is 18.4. The summed E-state index contributed by atoms with van der Waals surface area (Å²) in [6.45, 7) is 4.17. The van der Waals surface area contributed by atoms with Gasteiger partial charge in [0, 0.05) is 19.4 Å². The molecule has 0 bridgehead atoms. The van der Waals surface area contributed by atoms with Crippen molar-refractivity contribution in [3.05, 3.63) is 65.2 Å². The van der Waals surface area contributed by atoms with E-state index in [-0.39, 0.29) is 31.0 Å². The largest absolute Gasteiger partial charge is 0.497 e. The number of benzene rings is 2. The number of carbonyl (C=O) groups excluding carboxylic acids is 1. The third kappa shape index (κ3) is 6.24. The van der Waals surface area contributed by atoms with Crippen molar-refractivity contribution >= 4 is 11.6 Å². The maximum absolute atomic E-state index is 13.1. The summed E-state index contributed by atoms with van der Waals surface area (Å²) >= 11 is 0. The molecular weight excluding hydrogens is 421 g/mol. The molecule has 2 aromatic carbocycles. The molecule has 5 nitrogen and oxygen atoms in total. The zero-order valence-electron chi connectivity index (χ0n) is 18.4. The van der Waals surface area contributed by atoms with Gasteiger partial charge in [-0.05, 0) is 53.4 Å². The lowest BCUT2D eigenvalue weighted by Crippen LogP contribution is -2.37. The Hall–Kier alpha value is -3.03. The van der Waals surface area contributed by atoms with Crippen molar-refractivity contribution in [3.63, 3.8) is 0 Å². The minimum absolute atomic E-state index is 0.0766. The van der Waals surface area contributed by atoms with Gasteiger partial charge in [0.05, 0.1) is 24.9 Å². The van der Waals surface area contributed by atoms with Crippen molar-refractivity contribution in [2.75, 3.05) is 13.7 Å². The van der Waals surface area contributed by atoms with Crippen LogP contribution in [-0.4, -0.2) is 36.3 Å². The Balaban J connectivity index is 1.71. The maximum atomic E-state index is 13.1. The van der Waals surface area contributed by atoms with Crippen molar-refractivity contribution in [2.24, 2.45) is 11.1 Å². The fourth-order valence-corrected chi connectivity index (χ4v) is 3.53. The highest BCUT2D eigenvalue weighted by Crippen LogP contribution is 2.30. The summed E-state index contributed by atoms with van der Waals surface area (Å²) in [4.78, 5) is 20.0. The second-order valence-corrected chi connectivity index (χ2v) is 8.27. The second kappa shape index (κ2) is 10.1. The van der Waals surface area contributed by atoms with Gasteiger partial charge in [0.1, 0.15) is 5.75 Å². The molecule has 1 unspecified atom stereocenters. The summed E-state index contributed by atoms with van der Waals surface area (Å²) in [6.07, 6.45) is -3.99. The molecule has 0 fully saturated rings. The molecule has 1 atom stereocenters. The zero-order chi connectivity index (χ0) is 23.3. The van der Waals surface area contributed by atoms with Crippen LogP contribution < -0.4 is 4.74 Å². The van der Waals surface area contributed by atoms with E-state index in [0.717, 1.165) is 29.2 Å². The molecule has 8 heteroatoms. The average molecular weight is 448 g/mol. The molecule has 0 aromatic heterocycles. The molecule has 172 valence electrons. The standard InChI is InChI=1S/C24H27F3N2O3/c1-16(2)11-23(30)29(14-17-5-4-6-19(12-17)24(25,26)27)15-21-13-22(28-32-21)18-7-9-20(31-3)10-8-18/h4-10,12,16,21H,11,13-15H2,1-3H3. The van der Waals surface area contributed by atoms with E-state index >= 15 is 0 Å². The fraction of sp³-hybridized carbons (Fsp3) is 0.417. The predicted octanol–water partition coefficient (Wildman–Crippen LogP) is 5.28. The Morgan fingerprint density at radius 3 is 2.56 bits per heavy atom. The maximum Gasteiger partial charge on any atom is 0.416 e. The van der Waals surface area contributed by atoms with Crippen molar-refractivity contribution in [2.45, 2.75) is 45.5 Å². The van der Waals surface area contributed by atoms with E-state index in [1.165, 1.54) is 6.07 Å². The molecule has 1 amide bonds. The minimum atomic E-state index is -4.43. The first-order chi connectivity index (χ1) is 15.2. The molecule has 32 heavy (non-hydrogen) atoms. The van der Waals surface area contributed by atoms with Crippen LogP contribution in [0.15, 0.2) is 53.7 Å². The first kappa shape index (κ1) is 23.6. The molecule has 0 aliphatic carbocycles. The Morgan fingerprint density at radius 1 is 1.22 bits per heavy atom. The lowest BCUT2D eigenvalue weighted by Gasteiger charge is -2.26. The number of hydrogen-bond donors (Lipinski definition) is 0. The van der Waals surface area contributed by atoms with Crippen molar-refractivity contribution < 1.29 is 27.5 Å². The lowest BCUT2D eigenvalue weighted by atomic mass is 10.0. The Kier molecular flexibility index (Phi) is 7.43. The van der Waals surface area contributed by atoms with Crippen LogP contribution in [0.5, 0.6) is 5.75 Å². The van der Waals surface area contributed by atoms with Gasteiger partial charge in [0.2, 0.25) is 5.91 Å². The second-order valence-electron chi connectivity index (χ2n) is 8.27. The number of nitrogens with zero attached hydrogens (tertiary/aromatic N) is 2. The van der Waals surface area contributed by atoms with Crippen LogP contribution in [0.25, 0.3) is 0 Å². The predicted molar refractivity (Wildman–Crippen MR) is 115 cm³/mol. The summed E-state index contributed by atoms with van der Waals surface area (Å²) in [5, 5.41) is 4.16. The van der Waals surface area contributed by atoms with Crippen LogP contribution in [0.2, 0.25) is 0 Å². The monoisotopic (exact) mass is 448 g/mol. The summed E-state index contributed by atoms with van der Waals surface area (Å²) in [5.41, 5.74) is 1.35. The Bertz CT molecular complexity index is 956. The lowest BCUT2D eigenvalue weighted by molar-refractivity contribution is -0.137. The minimum Gasteiger partial charge on any atom is -0.497 e. The van der Waals surface area contributed by atoms with Crippen LogP contribution in [0.1, 0.15) is 43.4 Å². The van der Waals surface area contributed by atoms with Crippen molar-refractivity contribution in [1.29, 1.82) is 0 Å². The highest BCUT2D eigenvalue weighted by atomic mass is 19.4. The number of oxime groups is 1. The van der Waals surface area contributed by atoms with Crippen molar-refractivity contribution in [3.8, 4) is 5.75 Å². The van der Waals surface area contributed by atoms with Crippen LogP contribution in [0, 0.1) is 5.92 Å². The number of ether oxygens (including phenoxy) is 1. The summed E-state index contributed by atoms with van der Waals surface area (Å²) < 4.78 is 44.4. The van der Waals surface area contributed by atoms with E-state index in [1.807, 2.05) is 38.1 Å². The molecular formula is C24H27F3N2O3. The molecule has 0 saturated heterocycles. The van der Waals surface area contributed by atoms with E-state index < -0.39 is 11.7 Å². The molecule has 2 aromatic rings. The molecule has 0 spiro atoms. The van der Waals surface area contributed by atoms with Gasteiger partial charge in [-0.25, -0.2) is 0 Å².